The van der Waals surface area contributed by atoms with Crippen molar-refractivity contribution >= 4 is 6.08 Å². The number of hydrogen-bond donors (Lipinski definition) is 0. The van der Waals surface area contributed by atoms with Crippen LogP contribution in [-0.2, 0) is 10.3 Å². The van der Waals surface area contributed by atoms with Gasteiger partial charge in [-0.15, -0.1) is 0 Å². The van der Waals surface area contributed by atoms with E-state index in [0.29, 0.717) is 0 Å². The number of hydrogen-bond acceptors (Lipinski definition) is 3. The van der Waals surface area contributed by atoms with E-state index < -0.39 is 11.4 Å². The molecule has 0 saturated heterocycles. The lowest BCUT2D eigenvalue weighted by Gasteiger charge is -2.37. The zero-order chi connectivity index (χ0) is 11.6. The van der Waals surface area contributed by atoms with Gasteiger partial charge in [-0.2, -0.15) is 4.99 Å². The summed E-state index contributed by atoms with van der Waals surface area (Å²) in [5.41, 5.74) is 0.322. The van der Waals surface area contributed by atoms with Crippen LogP contribution in [-0.4, -0.2) is 13.2 Å². The number of carbonyl (C=O) groups excluding carboxylic acids is 1. The van der Waals surface area contributed by atoms with Gasteiger partial charge in [0, 0.05) is 0 Å². The van der Waals surface area contributed by atoms with Gasteiger partial charge in [0.1, 0.15) is 0 Å². The number of ether oxygens (including phenoxy) is 1. The first-order valence-electron chi connectivity index (χ1n) is 5.15. The maximum Gasteiger partial charge on any atom is 0.235 e. The standard InChI is InChI=1S/C12H12FNO2/c1-16-11-7-9(3-4-10(11)13)12(14-8-15)5-2-6-12/h3-4,7H,2,5-6H2,1H3. The fraction of sp³-hybridized carbons (Fsp3) is 0.417. The van der Waals surface area contributed by atoms with E-state index in [0.717, 1.165) is 24.8 Å². The van der Waals surface area contributed by atoms with Crippen molar-refractivity contribution < 1.29 is 13.9 Å². The summed E-state index contributed by atoms with van der Waals surface area (Å²) in [5.74, 6) is -0.222. The molecule has 0 radical (unpaired) electrons. The van der Waals surface area contributed by atoms with Gasteiger partial charge in [0.2, 0.25) is 6.08 Å². The van der Waals surface area contributed by atoms with Crippen molar-refractivity contribution in [2.24, 2.45) is 4.99 Å². The predicted octanol–water partition coefficient (Wildman–Crippen LogP) is 2.55. The molecule has 0 N–H and O–H groups in total. The Morgan fingerprint density at radius 3 is 2.75 bits per heavy atom. The van der Waals surface area contributed by atoms with E-state index in [-0.39, 0.29) is 5.75 Å². The Kier molecular flexibility index (Phi) is 2.75. The van der Waals surface area contributed by atoms with Gasteiger partial charge in [0.25, 0.3) is 0 Å². The largest absolute Gasteiger partial charge is 0.494 e. The second-order valence-electron chi connectivity index (χ2n) is 3.94. The molecular weight excluding hydrogens is 209 g/mol. The Labute approximate surface area is 93.0 Å². The summed E-state index contributed by atoms with van der Waals surface area (Å²) in [4.78, 5) is 14.3. The van der Waals surface area contributed by atoms with Crippen LogP contribution >= 0.6 is 0 Å². The van der Waals surface area contributed by atoms with Gasteiger partial charge in [-0.25, -0.2) is 9.18 Å². The summed E-state index contributed by atoms with van der Waals surface area (Å²) in [6.45, 7) is 0. The SMILES string of the molecule is COc1cc(C2(N=C=O)CCC2)ccc1F. The van der Waals surface area contributed by atoms with Crippen LogP contribution in [0.25, 0.3) is 0 Å². The minimum atomic E-state index is -0.497. The summed E-state index contributed by atoms with van der Waals surface area (Å²) >= 11 is 0. The highest BCUT2D eigenvalue weighted by Crippen LogP contribution is 2.45. The Morgan fingerprint density at radius 1 is 1.50 bits per heavy atom. The third-order valence-corrected chi connectivity index (χ3v) is 3.13. The average Bonchev–Trinajstić information content (AvgIpc) is 2.24. The predicted molar refractivity (Wildman–Crippen MR) is 56.6 cm³/mol. The molecule has 0 aliphatic heterocycles. The normalized spacial score (nSPS) is 17.1. The number of rotatable bonds is 3. The zero-order valence-electron chi connectivity index (χ0n) is 9.00. The Morgan fingerprint density at radius 2 is 2.25 bits per heavy atom. The van der Waals surface area contributed by atoms with Gasteiger partial charge >= 0.3 is 0 Å². The molecule has 1 aliphatic carbocycles. The van der Waals surface area contributed by atoms with Gasteiger partial charge in [-0.3, -0.25) is 0 Å². The molecule has 0 atom stereocenters. The van der Waals surface area contributed by atoms with Crippen molar-refractivity contribution in [1.82, 2.24) is 0 Å². The molecule has 3 nitrogen and oxygen atoms in total. The van der Waals surface area contributed by atoms with Gasteiger partial charge in [0.15, 0.2) is 11.6 Å². The van der Waals surface area contributed by atoms with Crippen LogP contribution in [0.5, 0.6) is 5.75 Å². The summed E-state index contributed by atoms with van der Waals surface area (Å²) in [5, 5.41) is 0. The van der Waals surface area contributed by atoms with E-state index in [1.807, 2.05) is 0 Å². The lowest BCUT2D eigenvalue weighted by molar-refractivity contribution is 0.254. The smallest absolute Gasteiger partial charge is 0.235 e. The maximum atomic E-state index is 13.2. The highest BCUT2D eigenvalue weighted by Gasteiger charge is 2.39. The molecule has 0 amide bonds. The molecule has 0 aromatic heterocycles. The Balaban J connectivity index is 2.43. The first kappa shape index (κ1) is 10.8. The molecule has 1 aromatic carbocycles. The molecule has 1 aliphatic rings. The number of benzene rings is 1. The topological polar surface area (TPSA) is 38.7 Å². The molecular formula is C12H12FNO2. The quantitative estimate of drug-likeness (QED) is 0.581. The summed E-state index contributed by atoms with van der Waals surface area (Å²) in [7, 11) is 1.42. The van der Waals surface area contributed by atoms with E-state index in [9.17, 15) is 9.18 Å². The number of isocyanates is 1. The zero-order valence-corrected chi connectivity index (χ0v) is 9.00. The lowest BCUT2D eigenvalue weighted by Crippen LogP contribution is -2.31. The number of aliphatic imine (C=N–C) groups is 1. The molecule has 1 saturated carbocycles. The first-order valence-corrected chi connectivity index (χ1v) is 5.15. The lowest BCUT2D eigenvalue weighted by atomic mass is 9.72. The summed E-state index contributed by atoms with van der Waals surface area (Å²) in [6, 6.07) is 4.60. The van der Waals surface area contributed by atoms with Gasteiger partial charge in [0.05, 0.1) is 12.6 Å². The van der Waals surface area contributed by atoms with Crippen LogP contribution in [0.15, 0.2) is 23.2 Å². The molecule has 1 aromatic rings. The highest BCUT2D eigenvalue weighted by molar-refractivity contribution is 5.42. The van der Waals surface area contributed by atoms with E-state index in [1.165, 1.54) is 13.2 Å². The minimum absolute atomic E-state index is 0.185. The van der Waals surface area contributed by atoms with Crippen molar-refractivity contribution in [2.45, 2.75) is 24.8 Å². The maximum absolute atomic E-state index is 13.2. The van der Waals surface area contributed by atoms with E-state index in [1.54, 1.807) is 18.2 Å². The van der Waals surface area contributed by atoms with E-state index in [4.69, 9.17) is 4.74 Å². The van der Waals surface area contributed by atoms with E-state index >= 15 is 0 Å². The summed E-state index contributed by atoms with van der Waals surface area (Å²) in [6.07, 6.45) is 4.23. The molecule has 1 fully saturated rings. The second-order valence-corrected chi connectivity index (χ2v) is 3.94. The fourth-order valence-electron chi connectivity index (χ4n) is 2.01. The van der Waals surface area contributed by atoms with Crippen LogP contribution in [0, 0.1) is 5.82 Å². The Hall–Kier alpha value is -1.67. The number of nitrogens with zero attached hydrogens (tertiary/aromatic N) is 1. The fourth-order valence-corrected chi connectivity index (χ4v) is 2.01. The van der Waals surface area contributed by atoms with Crippen LogP contribution in [0.4, 0.5) is 4.39 Å². The van der Waals surface area contributed by atoms with Gasteiger partial charge in [-0.05, 0) is 37.0 Å². The molecule has 0 unspecified atom stereocenters. The van der Waals surface area contributed by atoms with Crippen molar-refractivity contribution in [3.63, 3.8) is 0 Å². The molecule has 2 rings (SSSR count). The highest BCUT2D eigenvalue weighted by atomic mass is 19.1. The molecule has 0 heterocycles. The van der Waals surface area contributed by atoms with Crippen molar-refractivity contribution in [2.75, 3.05) is 7.11 Å². The third-order valence-electron chi connectivity index (χ3n) is 3.13. The molecule has 4 heteroatoms. The van der Waals surface area contributed by atoms with Crippen molar-refractivity contribution in [3.05, 3.63) is 29.6 Å². The van der Waals surface area contributed by atoms with E-state index in [2.05, 4.69) is 4.99 Å². The molecule has 0 spiro atoms. The first-order chi connectivity index (χ1) is 7.72. The third kappa shape index (κ3) is 1.61. The Bertz CT molecular complexity index is 448. The van der Waals surface area contributed by atoms with Crippen LogP contribution in [0.1, 0.15) is 24.8 Å². The van der Waals surface area contributed by atoms with Crippen LogP contribution in [0.3, 0.4) is 0 Å². The monoisotopic (exact) mass is 221 g/mol. The van der Waals surface area contributed by atoms with Gasteiger partial charge in [-0.1, -0.05) is 6.07 Å². The van der Waals surface area contributed by atoms with Crippen molar-refractivity contribution in [1.29, 1.82) is 0 Å². The average molecular weight is 221 g/mol. The van der Waals surface area contributed by atoms with Crippen LogP contribution < -0.4 is 4.74 Å². The summed E-state index contributed by atoms with van der Waals surface area (Å²) < 4.78 is 18.1. The second kappa shape index (κ2) is 4.06. The van der Waals surface area contributed by atoms with Crippen LogP contribution in [0.2, 0.25) is 0 Å². The van der Waals surface area contributed by atoms with Crippen molar-refractivity contribution in [3.8, 4) is 5.75 Å². The van der Waals surface area contributed by atoms with Gasteiger partial charge < -0.3 is 4.74 Å². The molecule has 84 valence electrons. The minimum Gasteiger partial charge on any atom is -0.494 e. The number of halogens is 1. The number of methoxy groups -OCH3 is 1. The molecule has 16 heavy (non-hydrogen) atoms. The molecule has 0 bridgehead atoms.